The van der Waals surface area contributed by atoms with E-state index in [0.29, 0.717) is 0 Å². The van der Waals surface area contributed by atoms with Crippen molar-refractivity contribution in [3.8, 4) is 11.1 Å². The highest BCUT2D eigenvalue weighted by atomic mass is 16.1. The van der Waals surface area contributed by atoms with Gasteiger partial charge in [-0.1, -0.05) is 36.8 Å². The number of rotatable bonds is 3. The number of aromatic amines is 1. The van der Waals surface area contributed by atoms with E-state index in [1.54, 1.807) is 0 Å². The van der Waals surface area contributed by atoms with Gasteiger partial charge in [0.2, 0.25) is 0 Å². The first-order valence-corrected chi connectivity index (χ1v) is 5.57. The van der Waals surface area contributed by atoms with Crippen molar-refractivity contribution in [2.45, 2.75) is 26.8 Å². The van der Waals surface area contributed by atoms with Crippen molar-refractivity contribution >= 4 is 0 Å². The largest absolute Gasteiger partial charge is 0.292 e. The minimum atomic E-state index is -0.0148. The second-order valence-electron chi connectivity index (χ2n) is 4.05. The molecule has 16 heavy (non-hydrogen) atoms. The lowest BCUT2D eigenvalue weighted by atomic mass is 10.1. The molecule has 1 heterocycles. The predicted molar refractivity (Wildman–Crippen MR) is 65.5 cm³/mol. The van der Waals surface area contributed by atoms with Crippen LogP contribution in [0.25, 0.3) is 11.1 Å². The van der Waals surface area contributed by atoms with Gasteiger partial charge in [-0.05, 0) is 18.9 Å². The van der Waals surface area contributed by atoms with E-state index in [9.17, 15) is 4.79 Å². The molecule has 1 aromatic carbocycles. The number of hydrogen-bond donors (Lipinski definition) is 1. The summed E-state index contributed by atoms with van der Waals surface area (Å²) in [7, 11) is 0. The van der Waals surface area contributed by atoms with Crippen molar-refractivity contribution < 1.29 is 0 Å². The van der Waals surface area contributed by atoms with E-state index in [1.807, 2.05) is 42.1 Å². The fraction of sp³-hybridized carbons (Fsp3) is 0.308. The Bertz CT molecular complexity index is 537. The van der Waals surface area contributed by atoms with E-state index >= 15 is 0 Å². The summed E-state index contributed by atoms with van der Waals surface area (Å²) in [5, 5.41) is 2.82. The van der Waals surface area contributed by atoms with Gasteiger partial charge in [0.15, 0.2) is 0 Å². The van der Waals surface area contributed by atoms with E-state index in [4.69, 9.17) is 0 Å². The topological polar surface area (TPSA) is 37.8 Å². The van der Waals surface area contributed by atoms with Crippen LogP contribution in [0.4, 0.5) is 0 Å². The van der Waals surface area contributed by atoms with Crippen molar-refractivity contribution in [3.05, 3.63) is 46.4 Å². The molecular weight excluding hydrogens is 200 g/mol. The molecule has 3 heteroatoms. The summed E-state index contributed by atoms with van der Waals surface area (Å²) >= 11 is 0. The SMILES string of the molecule is CCCn1cc(-c2cccc(C)c2)c(=O)[nH]1. The van der Waals surface area contributed by atoms with Gasteiger partial charge in [-0.2, -0.15) is 0 Å². The van der Waals surface area contributed by atoms with Crippen LogP contribution in [0.3, 0.4) is 0 Å². The number of aromatic nitrogens is 2. The van der Waals surface area contributed by atoms with Crippen molar-refractivity contribution in [3.63, 3.8) is 0 Å². The molecule has 2 rings (SSSR count). The fourth-order valence-corrected chi connectivity index (χ4v) is 1.82. The highest BCUT2D eigenvalue weighted by Crippen LogP contribution is 2.16. The van der Waals surface area contributed by atoms with E-state index in [0.717, 1.165) is 24.1 Å². The highest BCUT2D eigenvalue weighted by molar-refractivity contribution is 5.62. The number of benzene rings is 1. The Morgan fingerprint density at radius 2 is 2.19 bits per heavy atom. The fourth-order valence-electron chi connectivity index (χ4n) is 1.82. The molecule has 1 aromatic heterocycles. The van der Waals surface area contributed by atoms with Crippen LogP contribution in [0.1, 0.15) is 18.9 Å². The number of nitrogens with one attached hydrogen (secondary N) is 1. The molecule has 0 saturated heterocycles. The summed E-state index contributed by atoms with van der Waals surface area (Å²) in [6, 6.07) is 8.00. The Labute approximate surface area is 94.7 Å². The molecule has 0 spiro atoms. The lowest BCUT2D eigenvalue weighted by Gasteiger charge is -1.98. The molecule has 1 N–H and O–H groups in total. The van der Waals surface area contributed by atoms with Crippen LogP contribution in [0.5, 0.6) is 0 Å². The van der Waals surface area contributed by atoms with Gasteiger partial charge in [0, 0.05) is 12.7 Å². The van der Waals surface area contributed by atoms with E-state index in [2.05, 4.69) is 12.0 Å². The molecule has 0 saturated carbocycles. The summed E-state index contributed by atoms with van der Waals surface area (Å²) in [5.41, 5.74) is 2.88. The van der Waals surface area contributed by atoms with Crippen LogP contribution in [0, 0.1) is 6.92 Å². The average molecular weight is 216 g/mol. The van der Waals surface area contributed by atoms with Gasteiger partial charge in [0.05, 0.1) is 5.56 Å². The van der Waals surface area contributed by atoms with Crippen LogP contribution >= 0.6 is 0 Å². The summed E-state index contributed by atoms with van der Waals surface area (Å²) in [5.74, 6) is 0. The molecule has 3 nitrogen and oxygen atoms in total. The average Bonchev–Trinajstić information content (AvgIpc) is 2.60. The molecule has 84 valence electrons. The summed E-state index contributed by atoms with van der Waals surface area (Å²) in [4.78, 5) is 11.8. The van der Waals surface area contributed by atoms with E-state index < -0.39 is 0 Å². The van der Waals surface area contributed by atoms with Crippen molar-refractivity contribution in [1.82, 2.24) is 9.78 Å². The van der Waals surface area contributed by atoms with Gasteiger partial charge in [-0.15, -0.1) is 0 Å². The molecule has 0 amide bonds. The van der Waals surface area contributed by atoms with E-state index in [-0.39, 0.29) is 5.56 Å². The van der Waals surface area contributed by atoms with Gasteiger partial charge < -0.3 is 0 Å². The maximum atomic E-state index is 11.8. The summed E-state index contributed by atoms with van der Waals surface area (Å²) in [6.45, 7) is 4.96. The molecule has 0 unspecified atom stereocenters. The number of H-pyrrole nitrogens is 1. The van der Waals surface area contributed by atoms with Crippen LogP contribution in [0.15, 0.2) is 35.3 Å². The number of hydrogen-bond acceptors (Lipinski definition) is 1. The van der Waals surface area contributed by atoms with Crippen LogP contribution < -0.4 is 5.56 Å². The smallest absolute Gasteiger partial charge is 0.271 e. The molecule has 0 aliphatic rings. The molecule has 0 fully saturated rings. The normalized spacial score (nSPS) is 10.6. The molecule has 0 aliphatic carbocycles. The second-order valence-corrected chi connectivity index (χ2v) is 4.05. The minimum Gasteiger partial charge on any atom is -0.292 e. The molecule has 2 aromatic rings. The van der Waals surface area contributed by atoms with Gasteiger partial charge >= 0.3 is 0 Å². The summed E-state index contributed by atoms with van der Waals surface area (Å²) in [6.07, 6.45) is 2.90. The number of nitrogens with zero attached hydrogens (tertiary/aromatic N) is 1. The Morgan fingerprint density at radius 3 is 2.88 bits per heavy atom. The van der Waals surface area contributed by atoms with Crippen LogP contribution in [-0.2, 0) is 6.54 Å². The lowest BCUT2D eigenvalue weighted by Crippen LogP contribution is -2.06. The predicted octanol–water partition coefficient (Wildman–Crippen LogP) is 2.56. The third-order valence-electron chi connectivity index (χ3n) is 2.57. The van der Waals surface area contributed by atoms with E-state index in [1.165, 1.54) is 5.56 Å². The second kappa shape index (κ2) is 4.39. The zero-order valence-corrected chi connectivity index (χ0v) is 9.66. The first-order valence-electron chi connectivity index (χ1n) is 5.57. The van der Waals surface area contributed by atoms with Crippen LogP contribution in [0.2, 0.25) is 0 Å². The zero-order chi connectivity index (χ0) is 11.5. The maximum absolute atomic E-state index is 11.8. The Kier molecular flexibility index (Phi) is 2.95. The Balaban J connectivity index is 2.44. The lowest BCUT2D eigenvalue weighted by molar-refractivity contribution is 0.598. The quantitative estimate of drug-likeness (QED) is 0.841. The van der Waals surface area contributed by atoms with Crippen LogP contribution in [-0.4, -0.2) is 9.78 Å². The Hall–Kier alpha value is -1.77. The van der Waals surface area contributed by atoms with Gasteiger partial charge in [0.25, 0.3) is 5.56 Å². The van der Waals surface area contributed by atoms with Gasteiger partial charge in [0.1, 0.15) is 0 Å². The first kappa shape index (κ1) is 10.7. The summed E-state index contributed by atoms with van der Waals surface area (Å²) < 4.78 is 1.85. The van der Waals surface area contributed by atoms with Crippen molar-refractivity contribution in [1.29, 1.82) is 0 Å². The molecule has 0 atom stereocenters. The third-order valence-corrected chi connectivity index (χ3v) is 2.57. The monoisotopic (exact) mass is 216 g/mol. The highest BCUT2D eigenvalue weighted by Gasteiger charge is 2.06. The molecule has 0 bridgehead atoms. The van der Waals surface area contributed by atoms with Crippen molar-refractivity contribution in [2.75, 3.05) is 0 Å². The standard InChI is InChI=1S/C13H16N2O/c1-3-7-15-9-12(13(16)14-15)11-6-4-5-10(2)8-11/h4-6,8-9H,3,7H2,1-2H3,(H,14,16). The molecule has 0 aliphatic heterocycles. The van der Waals surface area contributed by atoms with Crippen molar-refractivity contribution in [2.24, 2.45) is 0 Å². The molecule has 0 radical (unpaired) electrons. The molecular formula is C13H16N2O. The number of aryl methyl sites for hydroxylation is 2. The zero-order valence-electron chi connectivity index (χ0n) is 9.66. The van der Waals surface area contributed by atoms with Gasteiger partial charge in [-0.3, -0.25) is 14.6 Å². The maximum Gasteiger partial charge on any atom is 0.271 e. The Morgan fingerprint density at radius 1 is 1.38 bits per heavy atom. The van der Waals surface area contributed by atoms with Gasteiger partial charge in [-0.25, -0.2) is 0 Å². The first-order chi connectivity index (χ1) is 7.70. The third kappa shape index (κ3) is 2.08. The minimum absolute atomic E-state index is 0.0148.